The number of hydrogen-bond donors (Lipinski definition) is 1. The van der Waals surface area contributed by atoms with Crippen LogP contribution in [0.2, 0.25) is 0 Å². The number of carbonyl (C=O) groups is 2. The van der Waals surface area contributed by atoms with Crippen LogP contribution in [0.4, 0.5) is 0 Å². The second-order valence-electron chi connectivity index (χ2n) is 4.81. The van der Waals surface area contributed by atoms with Gasteiger partial charge in [0.15, 0.2) is 0 Å². The first-order valence-electron chi connectivity index (χ1n) is 7.27. The molecule has 0 unspecified atom stereocenters. The Labute approximate surface area is 158 Å². The van der Waals surface area contributed by atoms with E-state index in [-0.39, 0.29) is 12.4 Å². The van der Waals surface area contributed by atoms with Crippen LogP contribution in [0, 0.1) is 0 Å². The molecule has 4 nitrogen and oxygen atoms in total. The van der Waals surface area contributed by atoms with Gasteiger partial charge in [-0.25, -0.2) is 0 Å². The van der Waals surface area contributed by atoms with E-state index < -0.39 is 5.97 Å². The Kier molecular flexibility index (Phi) is 9.34. The second kappa shape index (κ2) is 11.0. The fraction of sp³-hybridized carbons (Fsp3) is 0.222. The number of hydrogen-bond acceptors (Lipinski definition) is 3. The minimum atomic E-state index is -0.803. The number of halogens is 2. The van der Waals surface area contributed by atoms with Crippen molar-refractivity contribution in [1.29, 1.82) is 0 Å². The quantitative estimate of drug-likeness (QED) is 0.664. The maximum absolute atomic E-state index is 11.1. The van der Waals surface area contributed by atoms with E-state index in [0.717, 1.165) is 20.1 Å². The SMILES string of the molecule is CCOC(=O)Cc1cccc(Br)c1.O=C(O)Cc1cccc(Br)c1. The Morgan fingerprint density at radius 2 is 1.46 bits per heavy atom. The average Bonchev–Trinajstić information content (AvgIpc) is 2.47. The predicted molar refractivity (Wildman–Crippen MR) is 100.0 cm³/mol. The topological polar surface area (TPSA) is 63.6 Å². The molecule has 2 aromatic rings. The van der Waals surface area contributed by atoms with Crippen molar-refractivity contribution in [1.82, 2.24) is 0 Å². The fourth-order valence-electron chi connectivity index (χ4n) is 1.85. The lowest BCUT2D eigenvalue weighted by molar-refractivity contribution is -0.142. The number of carboxylic acids is 1. The van der Waals surface area contributed by atoms with Crippen molar-refractivity contribution in [3.05, 3.63) is 68.6 Å². The number of esters is 1. The van der Waals surface area contributed by atoms with E-state index in [2.05, 4.69) is 31.9 Å². The number of rotatable bonds is 5. The molecule has 0 bridgehead atoms. The van der Waals surface area contributed by atoms with E-state index in [9.17, 15) is 9.59 Å². The number of benzene rings is 2. The summed E-state index contributed by atoms with van der Waals surface area (Å²) < 4.78 is 6.73. The Bertz CT molecular complexity index is 686. The molecule has 0 aromatic heterocycles. The van der Waals surface area contributed by atoms with E-state index in [4.69, 9.17) is 9.84 Å². The van der Waals surface area contributed by atoms with E-state index >= 15 is 0 Å². The van der Waals surface area contributed by atoms with Gasteiger partial charge in [0.2, 0.25) is 0 Å². The zero-order valence-corrected chi connectivity index (χ0v) is 16.3. The highest BCUT2D eigenvalue weighted by Crippen LogP contribution is 2.12. The summed E-state index contributed by atoms with van der Waals surface area (Å²) in [6.45, 7) is 2.24. The maximum Gasteiger partial charge on any atom is 0.310 e. The molecule has 2 aromatic carbocycles. The molecule has 0 saturated carbocycles. The van der Waals surface area contributed by atoms with E-state index in [0.29, 0.717) is 13.0 Å². The Hall–Kier alpha value is -1.66. The monoisotopic (exact) mass is 456 g/mol. The Balaban J connectivity index is 0.000000243. The lowest BCUT2D eigenvalue weighted by Gasteiger charge is -2.01. The highest BCUT2D eigenvalue weighted by Gasteiger charge is 2.03. The van der Waals surface area contributed by atoms with Gasteiger partial charge < -0.3 is 9.84 Å². The molecule has 2 rings (SSSR count). The highest BCUT2D eigenvalue weighted by atomic mass is 79.9. The van der Waals surface area contributed by atoms with Gasteiger partial charge in [-0.05, 0) is 42.3 Å². The summed E-state index contributed by atoms with van der Waals surface area (Å²) in [5.41, 5.74) is 1.78. The molecular formula is C18H18Br2O4. The summed E-state index contributed by atoms with van der Waals surface area (Å²) in [7, 11) is 0. The van der Waals surface area contributed by atoms with Crippen molar-refractivity contribution in [3.63, 3.8) is 0 Å². The number of ether oxygens (including phenoxy) is 1. The Morgan fingerprint density at radius 3 is 1.88 bits per heavy atom. The summed E-state index contributed by atoms with van der Waals surface area (Å²) >= 11 is 6.60. The fourth-order valence-corrected chi connectivity index (χ4v) is 2.74. The average molecular weight is 458 g/mol. The van der Waals surface area contributed by atoms with Gasteiger partial charge in [-0.3, -0.25) is 9.59 Å². The molecule has 0 radical (unpaired) electrons. The molecule has 6 heteroatoms. The van der Waals surface area contributed by atoms with Crippen molar-refractivity contribution in [3.8, 4) is 0 Å². The molecule has 0 aliphatic rings. The predicted octanol–water partition coefficient (Wildman–Crippen LogP) is 4.63. The molecule has 0 saturated heterocycles. The van der Waals surface area contributed by atoms with Crippen molar-refractivity contribution < 1.29 is 19.4 Å². The molecular weight excluding hydrogens is 440 g/mol. The summed E-state index contributed by atoms with van der Waals surface area (Å²) in [6, 6.07) is 14.9. The molecule has 0 amide bonds. The van der Waals surface area contributed by atoms with Crippen LogP contribution in [0.1, 0.15) is 18.1 Å². The van der Waals surface area contributed by atoms with Gasteiger partial charge in [0.05, 0.1) is 19.4 Å². The molecule has 0 heterocycles. The molecule has 0 aliphatic heterocycles. The van der Waals surface area contributed by atoms with Crippen LogP contribution in [0.15, 0.2) is 57.5 Å². The van der Waals surface area contributed by atoms with Crippen molar-refractivity contribution in [2.24, 2.45) is 0 Å². The van der Waals surface area contributed by atoms with Gasteiger partial charge >= 0.3 is 11.9 Å². The molecule has 1 N–H and O–H groups in total. The minimum Gasteiger partial charge on any atom is -0.481 e. The normalized spacial score (nSPS) is 9.62. The molecule has 0 spiro atoms. The third-order valence-electron chi connectivity index (χ3n) is 2.79. The van der Waals surface area contributed by atoms with Crippen LogP contribution in [0.25, 0.3) is 0 Å². The van der Waals surface area contributed by atoms with Gasteiger partial charge in [0.1, 0.15) is 0 Å². The number of aliphatic carboxylic acids is 1. The first-order chi connectivity index (χ1) is 11.4. The standard InChI is InChI=1S/C10H11BrO2.C8H7BrO2/c1-2-13-10(12)7-8-4-3-5-9(11)6-8;9-7-3-1-2-6(4-7)5-8(10)11/h3-6H,2,7H2,1H3;1-4H,5H2,(H,10,11). The molecule has 128 valence electrons. The summed E-state index contributed by atoms with van der Waals surface area (Å²) in [4.78, 5) is 21.4. The van der Waals surface area contributed by atoms with E-state index in [1.165, 1.54) is 0 Å². The summed E-state index contributed by atoms with van der Waals surface area (Å²) in [6.07, 6.45) is 0.423. The highest BCUT2D eigenvalue weighted by molar-refractivity contribution is 9.10. The smallest absolute Gasteiger partial charge is 0.310 e. The van der Waals surface area contributed by atoms with Crippen LogP contribution in [0.5, 0.6) is 0 Å². The lowest BCUT2D eigenvalue weighted by atomic mass is 10.2. The van der Waals surface area contributed by atoms with Crippen LogP contribution >= 0.6 is 31.9 Å². The third kappa shape index (κ3) is 8.84. The zero-order chi connectivity index (χ0) is 17.9. The molecule has 0 fully saturated rings. The molecule has 24 heavy (non-hydrogen) atoms. The van der Waals surface area contributed by atoms with Gasteiger partial charge in [-0.1, -0.05) is 56.1 Å². The zero-order valence-electron chi connectivity index (χ0n) is 13.2. The van der Waals surface area contributed by atoms with Crippen LogP contribution in [-0.4, -0.2) is 23.7 Å². The number of carboxylic acid groups (broad SMARTS) is 1. The van der Waals surface area contributed by atoms with E-state index in [1.807, 2.05) is 36.4 Å². The minimum absolute atomic E-state index is 0.0828. The molecule has 0 aliphatic carbocycles. The Morgan fingerprint density at radius 1 is 0.958 bits per heavy atom. The third-order valence-corrected chi connectivity index (χ3v) is 3.77. The second-order valence-corrected chi connectivity index (χ2v) is 6.64. The van der Waals surface area contributed by atoms with Crippen LogP contribution in [0.3, 0.4) is 0 Å². The van der Waals surface area contributed by atoms with Gasteiger partial charge in [0, 0.05) is 8.95 Å². The van der Waals surface area contributed by atoms with Crippen LogP contribution < -0.4 is 0 Å². The van der Waals surface area contributed by atoms with E-state index in [1.54, 1.807) is 19.1 Å². The maximum atomic E-state index is 11.1. The van der Waals surface area contributed by atoms with Crippen molar-refractivity contribution in [2.75, 3.05) is 6.61 Å². The van der Waals surface area contributed by atoms with Gasteiger partial charge in [0.25, 0.3) is 0 Å². The largest absolute Gasteiger partial charge is 0.481 e. The van der Waals surface area contributed by atoms with Crippen molar-refractivity contribution in [2.45, 2.75) is 19.8 Å². The van der Waals surface area contributed by atoms with Gasteiger partial charge in [-0.2, -0.15) is 0 Å². The lowest BCUT2D eigenvalue weighted by Crippen LogP contribution is -2.07. The summed E-state index contributed by atoms with van der Waals surface area (Å²) in [5, 5.41) is 8.44. The summed E-state index contributed by atoms with van der Waals surface area (Å²) in [5.74, 6) is -0.983. The first kappa shape index (κ1) is 20.4. The number of carbonyl (C=O) groups excluding carboxylic acids is 1. The first-order valence-corrected chi connectivity index (χ1v) is 8.85. The van der Waals surface area contributed by atoms with Crippen LogP contribution in [-0.2, 0) is 27.2 Å². The van der Waals surface area contributed by atoms with Crippen molar-refractivity contribution >= 4 is 43.8 Å². The van der Waals surface area contributed by atoms with Gasteiger partial charge in [-0.15, -0.1) is 0 Å². The molecule has 0 atom stereocenters.